The second kappa shape index (κ2) is 5.31. The van der Waals surface area contributed by atoms with E-state index in [0.717, 1.165) is 27.0 Å². The van der Waals surface area contributed by atoms with Crippen molar-refractivity contribution in [2.24, 2.45) is 0 Å². The molecule has 0 bridgehead atoms. The number of ether oxygens (including phenoxy) is 1. The van der Waals surface area contributed by atoms with E-state index in [0.29, 0.717) is 6.61 Å². The lowest BCUT2D eigenvalue weighted by Crippen LogP contribution is -1.94. The van der Waals surface area contributed by atoms with E-state index in [1.54, 1.807) is 23.5 Å². The molecule has 1 heterocycles. The monoisotopic (exact) mass is 307 g/mol. The summed E-state index contributed by atoms with van der Waals surface area (Å²) in [7, 11) is 0. The Kier molecular flexibility index (Phi) is 3.16. The molecule has 0 radical (unpaired) electrons. The van der Waals surface area contributed by atoms with Crippen LogP contribution in [0, 0.1) is 0 Å². The van der Waals surface area contributed by atoms with Gasteiger partial charge in [0.15, 0.2) is 0 Å². The highest BCUT2D eigenvalue weighted by atomic mass is 32.1. The Morgan fingerprint density at radius 1 is 0.955 bits per heavy atom. The zero-order valence-electron chi connectivity index (χ0n) is 11.7. The van der Waals surface area contributed by atoms with Gasteiger partial charge in [0.25, 0.3) is 0 Å². The third kappa shape index (κ3) is 2.49. The van der Waals surface area contributed by atoms with E-state index in [1.165, 1.54) is 4.70 Å². The number of benzene rings is 3. The molecule has 3 nitrogen and oxygen atoms in total. The van der Waals surface area contributed by atoms with Gasteiger partial charge in [-0.3, -0.25) is 0 Å². The minimum atomic E-state index is 0.260. The summed E-state index contributed by atoms with van der Waals surface area (Å²) < 4.78 is 7.01. The number of para-hydroxylation sites is 1. The van der Waals surface area contributed by atoms with Gasteiger partial charge in [-0.1, -0.05) is 24.3 Å². The predicted octanol–water partition coefficient (Wildman–Crippen LogP) is 4.73. The number of hydrogen-bond acceptors (Lipinski definition) is 4. The highest BCUT2D eigenvalue weighted by Crippen LogP contribution is 2.26. The molecule has 0 fully saturated rings. The SMILES string of the molecule is Oc1ccc2ccc(OCc3nc4ccccc4s3)cc2c1. The number of nitrogens with zero attached hydrogens (tertiary/aromatic N) is 1. The molecule has 4 aromatic rings. The van der Waals surface area contributed by atoms with Crippen molar-refractivity contribution < 1.29 is 9.84 Å². The number of fused-ring (bicyclic) bond motifs is 2. The molecule has 108 valence electrons. The highest BCUT2D eigenvalue weighted by molar-refractivity contribution is 7.18. The molecule has 0 amide bonds. The molecule has 0 aliphatic heterocycles. The molecule has 0 saturated heterocycles. The van der Waals surface area contributed by atoms with Crippen molar-refractivity contribution in [2.75, 3.05) is 0 Å². The van der Waals surface area contributed by atoms with Gasteiger partial charge in [-0.05, 0) is 47.2 Å². The van der Waals surface area contributed by atoms with Crippen molar-refractivity contribution in [3.8, 4) is 11.5 Å². The quantitative estimate of drug-likeness (QED) is 0.595. The van der Waals surface area contributed by atoms with Gasteiger partial charge in [0.2, 0.25) is 0 Å². The van der Waals surface area contributed by atoms with E-state index in [-0.39, 0.29) is 5.75 Å². The van der Waals surface area contributed by atoms with Crippen LogP contribution < -0.4 is 4.74 Å². The van der Waals surface area contributed by atoms with Crippen molar-refractivity contribution in [3.05, 3.63) is 65.7 Å². The molecule has 3 aromatic carbocycles. The van der Waals surface area contributed by atoms with Gasteiger partial charge in [-0.25, -0.2) is 4.98 Å². The topological polar surface area (TPSA) is 42.4 Å². The largest absolute Gasteiger partial charge is 0.508 e. The van der Waals surface area contributed by atoms with Crippen LogP contribution in [0.15, 0.2) is 60.7 Å². The van der Waals surface area contributed by atoms with E-state index in [9.17, 15) is 5.11 Å². The van der Waals surface area contributed by atoms with Crippen LogP contribution in [0.5, 0.6) is 11.5 Å². The van der Waals surface area contributed by atoms with Gasteiger partial charge in [0.05, 0.1) is 10.2 Å². The molecular weight excluding hydrogens is 294 g/mol. The van der Waals surface area contributed by atoms with Crippen molar-refractivity contribution >= 4 is 32.3 Å². The minimum absolute atomic E-state index is 0.260. The summed E-state index contributed by atoms with van der Waals surface area (Å²) in [6.45, 7) is 0.448. The lowest BCUT2D eigenvalue weighted by molar-refractivity contribution is 0.306. The van der Waals surface area contributed by atoms with Crippen molar-refractivity contribution in [1.29, 1.82) is 0 Å². The molecule has 0 aliphatic rings. The summed E-state index contributed by atoms with van der Waals surface area (Å²) in [6.07, 6.45) is 0. The number of rotatable bonds is 3. The maximum absolute atomic E-state index is 9.56. The van der Waals surface area contributed by atoms with Gasteiger partial charge < -0.3 is 9.84 Å². The zero-order chi connectivity index (χ0) is 14.9. The van der Waals surface area contributed by atoms with Crippen LogP contribution >= 0.6 is 11.3 Å². The zero-order valence-corrected chi connectivity index (χ0v) is 12.5. The van der Waals surface area contributed by atoms with Crippen LogP contribution in [0.4, 0.5) is 0 Å². The maximum Gasteiger partial charge on any atom is 0.140 e. The molecule has 0 unspecified atom stereocenters. The van der Waals surface area contributed by atoms with Crippen molar-refractivity contribution in [1.82, 2.24) is 4.98 Å². The smallest absolute Gasteiger partial charge is 0.140 e. The Balaban J connectivity index is 1.57. The molecular formula is C18H13NO2S. The summed E-state index contributed by atoms with van der Waals surface area (Å²) >= 11 is 1.65. The van der Waals surface area contributed by atoms with Gasteiger partial charge in [-0.2, -0.15) is 0 Å². The first-order valence-corrected chi connectivity index (χ1v) is 7.80. The molecule has 0 spiro atoms. The van der Waals surface area contributed by atoms with Crippen LogP contribution in [0.3, 0.4) is 0 Å². The van der Waals surface area contributed by atoms with Crippen molar-refractivity contribution in [3.63, 3.8) is 0 Å². The second-order valence-corrected chi connectivity index (χ2v) is 6.17. The van der Waals surface area contributed by atoms with Crippen LogP contribution in [-0.2, 0) is 6.61 Å². The summed E-state index contributed by atoms with van der Waals surface area (Å²) in [5.74, 6) is 1.04. The number of phenolic OH excluding ortho intramolecular Hbond substituents is 1. The molecule has 0 atom stereocenters. The molecule has 22 heavy (non-hydrogen) atoms. The Labute approximate surface area is 131 Å². The molecule has 4 rings (SSSR count). The van der Waals surface area contributed by atoms with E-state index < -0.39 is 0 Å². The number of aromatic nitrogens is 1. The summed E-state index contributed by atoms with van der Waals surface area (Å²) in [4.78, 5) is 4.56. The first-order valence-electron chi connectivity index (χ1n) is 6.98. The standard InChI is InChI=1S/C18H13NO2S/c20-14-7-5-12-6-8-15(10-13(12)9-14)21-11-18-19-16-3-1-2-4-17(16)22-18/h1-10,20H,11H2. The maximum atomic E-state index is 9.56. The number of hydrogen-bond donors (Lipinski definition) is 1. The molecule has 0 aliphatic carbocycles. The first-order chi connectivity index (χ1) is 10.8. The second-order valence-electron chi connectivity index (χ2n) is 5.06. The normalized spacial score (nSPS) is 11.1. The average Bonchev–Trinajstić information content (AvgIpc) is 2.95. The van der Waals surface area contributed by atoms with Gasteiger partial charge in [0.1, 0.15) is 23.1 Å². The van der Waals surface area contributed by atoms with E-state index >= 15 is 0 Å². The third-order valence-corrected chi connectivity index (χ3v) is 4.51. The van der Waals surface area contributed by atoms with Gasteiger partial charge in [0, 0.05) is 0 Å². The number of thiazole rings is 1. The Hall–Kier alpha value is -2.59. The van der Waals surface area contributed by atoms with E-state index in [4.69, 9.17) is 4.74 Å². The van der Waals surface area contributed by atoms with Gasteiger partial charge >= 0.3 is 0 Å². The van der Waals surface area contributed by atoms with E-state index in [1.807, 2.05) is 42.5 Å². The molecule has 1 N–H and O–H groups in total. The molecule has 1 aromatic heterocycles. The lowest BCUT2D eigenvalue weighted by atomic mass is 10.1. The molecule has 0 saturated carbocycles. The number of phenols is 1. The van der Waals surface area contributed by atoms with Gasteiger partial charge in [-0.15, -0.1) is 11.3 Å². The average molecular weight is 307 g/mol. The Bertz CT molecular complexity index is 929. The van der Waals surface area contributed by atoms with Crippen LogP contribution in [0.1, 0.15) is 5.01 Å². The fourth-order valence-electron chi connectivity index (χ4n) is 2.43. The highest BCUT2D eigenvalue weighted by Gasteiger charge is 2.05. The lowest BCUT2D eigenvalue weighted by Gasteiger charge is -2.06. The Morgan fingerprint density at radius 3 is 2.73 bits per heavy atom. The van der Waals surface area contributed by atoms with Crippen molar-refractivity contribution in [2.45, 2.75) is 6.61 Å². The summed E-state index contributed by atoms with van der Waals surface area (Å²) in [5, 5.41) is 12.6. The Morgan fingerprint density at radius 2 is 1.82 bits per heavy atom. The van der Waals surface area contributed by atoms with Crippen LogP contribution in [0.2, 0.25) is 0 Å². The number of aromatic hydroxyl groups is 1. The minimum Gasteiger partial charge on any atom is -0.508 e. The van der Waals surface area contributed by atoms with Crippen LogP contribution in [0.25, 0.3) is 21.0 Å². The van der Waals surface area contributed by atoms with Crippen LogP contribution in [-0.4, -0.2) is 10.1 Å². The summed E-state index contributed by atoms with van der Waals surface area (Å²) in [6, 6.07) is 19.2. The fourth-order valence-corrected chi connectivity index (χ4v) is 3.31. The predicted molar refractivity (Wildman–Crippen MR) is 89.6 cm³/mol. The molecule has 4 heteroatoms. The fraction of sp³-hybridized carbons (Fsp3) is 0.0556. The van der Waals surface area contributed by atoms with E-state index in [2.05, 4.69) is 11.1 Å². The first kappa shape index (κ1) is 13.1. The summed E-state index contributed by atoms with van der Waals surface area (Å²) in [5.41, 5.74) is 1.01. The third-order valence-electron chi connectivity index (χ3n) is 3.50.